The van der Waals surface area contributed by atoms with Gasteiger partial charge in [0.05, 0.1) is 18.8 Å². The Bertz CT molecular complexity index is 811. The van der Waals surface area contributed by atoms with E-state index in [1.807, 2.05) is 21.9 Å². The number of rotatable bonds is 2. The van der Waals surface area contributed by atoms with E-state index in [4.69, 9.17) is 10.5 Å². The maximum absolute atomic E-state index is 13.5. The number of carbonyl (C=O) groups is 1. The fourth-order valence-electron chi connectivity index (χ4n) is 3.99. The SMILES string of the molecule is NCC1CN(C(=O)N2CCc3ccccc3[C@@H]2c2ccc(F)cc2)CCO1. The Morgan fingerprint density at radius 1 is 1.15 bits per heavy atom. The molecule has 142 valence electrons. The lowest BCUT2D eigenvalue weighted by atomic mass is 9.88. The van der Waals surface area contributed by atoms with Crippen molar-refractivity contribution >= 4 is 6.03 Å². The maximum Gasteiger partial charge on any atom is 0.320 e. The fourth-order valence-corrected chi connectivity index (χ4v) is 3.99. The number of fused-ring (bicyclic) bond motifs is 1. The van der Waals surface area contributed by atoms with E-state index < -0.39 is 0 Å². The number of nitrogens with two attached hydrogens (primary N) is 1. The van der Waals surface area contributed by atoms with Crippen molar-refractivity contribution in [3.63, 3.8) is 0 Å². The Labute approximate surface area is 158 Å². The quantitative estimate of drug-likeness (QED) is 0.885. The second kappa shape index (κ2) is 7.66. The van der Waals surface area contributed by atoms with Crippen molar-refractivity contribution in [3.8, 4) is 0 Å². The van der Waals surface area contributed by atoms with E-state index in [2.05, 4.69) is 12.1 Å². The molecule has 2 atom stereocenters. The van der Waals surface area contributed by atoms with Crippen LogP contribution in [0, 0.1) is 5.82 Å². The average Bonchev–Trinajstić information content (AvgIpc) is 2.73. The summed E-state index contributed by atoms with van der Waals surface area (Å²) in [5.41, 5.74) is 8.98. The number of halogens is 1. The number of carbonyl (C=O) groups excluding carboxylic acids is 1. The summed E-state index contributed by atoms with van der Waals surface area (Å²) in [7, 11) is 0. The van der Waals surface area contributed by atoms with Crippen molar-refractivity contribution < 1.29 is 13.9 Å². The van der Waals surface area contributed by atoms with Gasteiger partial charge in [0, 0.05) is 26.2 Å². The number of urea groups is 1. The Hall–Kier alpha value is -2.44. The third-order valence-electron chi connectivity index (χ3n) is 5.39. The Morgan fingerprint density at radius 3 is 2.70 bits per heavy atom. The van der Waals surface area contributed by atoms with Gasteiger partial charge in [-0.3, -0.25) is 0 Å². The number of benzene rings is 2. The predicted octanol–water partition coefficient (Wildman–Crippen LogP) is 2.55. The summed E-state index contributed by atoms with van der Waals surface area (Å²) in [5.74, 6) is -0.278. The fraction of sp³-hybridized carbons (Fsp3) is 0.381. The van der Waals surface area contributed by atoms with Crippen molar-refractivity contribution in [3.05, 3.63) is 71.0 Å². The molecule has 1 fully saturated rings. The molecular formula is C21H24FN3O2. The summed E-state index contributed by atoms with van der Waals surface area (Å²) in [4.78, 5) is 17.1. The minimum Gasteiger partial charge on any atom is -0.373 e. The molecule has 0 saturated carbocycles. The number of morpholine rings is 1. The molecule has 5 nitrogen and oxygen atoms in total. The molecule has 2 aromatic rings. The highest BCUT2D eigenvalue weighted by molar-refractivity contribution is 5.76. The third kappa shape index (κ3) is 3.55. The standard InChI is InChI=1S/C21H24FN3O2/c22-17-7-5-16(6-8-17)20-19-4-2-1-3-15(19)9-10-25(20)21(26)24-11-12-27-18(13-23)14-24/h1-8,18,20H,9-14,23H2/t18?,20-/m0/s1. The van der Waals surface area contributed by atoms with Gasteiger partial charge in [-0.05, 0) is 35.2 Å². The van der Waals surface area contributed by atoms with Crippen LogP contribution in [0.15, 0.2) is 48.5 Å². The Morgan fingerprint density at radius 2 is 1.93 bits per heavy atom. The molecule has 6 heteroatoms. The van der Waals surface area contributed by atoms with Crippen LogP contribution >= 0.6 is 0 Å². The first-order chi connectivity index (χ1) is 13.2. The minimum atomic E-state index is -0.278. The predicted molar refractivity (Wildman–Crippen MR) is 101 cm³/mol. The molecule has 2 N–H and O–H groups in total. The zero-order valence-electron chi connectivity index (χ0n) is 15.2. The molecule has 2 aliphatic heterocycles. The normalized spacial score (nSPS) is 22.4. The van der Waals surface area contributed by atoms with Crippen LogP contribution in [-0.2, 0) is 11.2 Å². The number of hydrogen-bond donors (Lipinski definition) is 1. The lowest BCUT2D eigenvalue weighted by Gasteiger charge is -2.42. The molecule has 27 heavy (non-hydrogen) atoms. The highest BCUT2D eigenvalue weighted by Crippen LogP contribution is 2.36. The van der Waals surface area contributed by atoms with E-state index in [-0.39, 0.29) is 24.0 Å². The van der Waals surface area contributed by atoms with Crippen LogP contribution in [-0.4, -0.2) is 54.7 Å². The minimum absolute atomic E-state index is 0.0134. The molecule has 4 rings (SSSR count). The molecule has 0 aromatic heterocycles. The Kier molecular flexibility index (Phi) is 5.09. The van der Waals surface area contributed by atoms with Gasteiger partial charge in [0.1, 0.15) is 5.82 Å². The highest BCUT2D eigenvalue weighted by atomic mass is 19.1. The largest absolute Gasteiger partial charge is 0.373 e. The van der Waals surface area contributed by atoms with Gasteiger partial charge in [0.25, 0.3) is 0 Å². The summed E-state index contributed by atoms with van der Waals surface area (Å²) in [5, 5.41) is 0. The molecule has 2 aliphatic rings. The first-order valence-electron chi connectivity index (χ1n) is 9.38. The van der Waals surface area contributed by atoms with Crippen molar-refractivity contribution in [2.45, 2.75) is 18.6 Å². The second-order valence-corrected chi connectivity index (χ2v) is 7.05. The van der Waals surface area contributed by atoms with Crippen molar-refractivity contribution in [1.82, 2.24) is 9.80 Å². The van der Waals surface area contributed by atoms with Crippen molar-refractivity contribution in [2.24, 2.45) is 5.73 Å². The van der Waals surface area contributed by atoms with Gasteiger partial charge in [-0.2, -0.15) is 0 Å². The highest BCUT2D eigenvalue weighted by Gasteiger charge is 2.35. The van der Waals surface area contributed by atoms with Crippen LogP contribution in [0.4, 0.5) is 9.18 Å². The van der Waals surface area contributed by atoms with Crippen LogP contribution in [0.2, 0.25) is 0 Å². The molecule has 1 saturated heterocycles. The van der Waals surface area contributed by atoms with Gasteiger partial charge in [0.15, 0.2) is 0 Å². The molecular weight excluding hydrogens is 345 g/mol. The summed E-state index contributed by atoms with van der Waals surface area (Å²) in [6.45, 7) is 2.59. The monoisotopic (exact) mass is 369 g/mol. The molecule has 0 spiro atoms. The summed E-state index contributed by atoms with van der Waals surface area (Å²) in [6, 6.07) is 14.4. The van der Waals surface area contributed by atoms with Crippen LogP contribution in [0.25, 0.3) is 0 Å². The second-order valence-electron chi connectivity index (χ2n) is 7.05. The molecule has 1 unspecified atom stereocenters. The van der Waals surface area contributed by atoms with Crippen molar-refractivity contribution in [2.75, 3.05) is 32.8 Å². The molecule has 0 radical (unpaired) electrons. The van der Waals surface area contributed by atoms with Gasteiger partial charge in [-0.15, -0.1) is 0 Å². The maximum atomic E-state index is 13.5. The first kappa shape index (κ1) is 17.9. The van der Waals surface area contributed by atoms with Crippen LogP contribution < -0.4 is 5.73 Å². The molecule has 0 bridgehead atoms. The summed E-state index contributed by atoms with van der Waals surface area (Å²) in [6.07, 6.45) is 0.689. The van der Waals surface area contributed by atoms with E-state index >= 15 is 0 Å². The van der Waals surface area contributed by atoms with Crippen LogP contribution in [0.5, 0.6) is 0 Å². The van der Waals surface area contributed by atoms with Crippen LogP contribution in [0.3, 0.4) is 0 Å². The number of nitrogens with zero attached hydrogens (tertiary/aromatic N) is 2. The van der Waals surface area contributed by atoms with E-state index in [1.165, 1.54) is 17.7 Å². The summed E-state index contributed by atoms with van der Waals surface area (Å²) < 4.78 is 19.1. The lowest BCUT2D eigenvalue weighted by molar-refractivity contribution is -0.0155. The zero-order valence-corrected chi connectivity index (χ0v) is 15.2. The molecule has 0 aliphatic carbocycles. The molecule has 2 aromatic carbocycles. The van der Waals surface area contributed by atoms with Gasteiger partial charge in [-0.25, -0.2) is 9.18 Å². The number of amides is 2. The van der Waals surface area contributed by atoms with Gasteiger partial charge in [-0.1, -0.05) is 36.4 Å². The number of ether oxygens (including phenoxy) is 1. The van der Waals surface area contributed by atoms with E-state index in [1.54, 1.807) is 12.1 Å². The lowest BCUT2D eigenvalue weighted by Crippen LogP contribution is -2.54. The third-order valence-corrected chi connectivity index (χ3v) is 5.39. The van der Waals surface area contributed by atoms with Gasteiger partial charge >= 0.3 is 6.03 Å². The van der Waals surface area contributed by atoms with Crippen LogP contribution in [0.1, 0.15) is 22.7 Å². The van der Waals surface area contributed by atoms with Gasteiger partial charge < -0.3 is 20.3 Å². The molecule has 2 amide bonds. The topological polar surface area (TPSA) is 58.8 Å². The molecule has 2 heterocycles. The summed E-state index contributed by atoms with van der Waals surface area (Å²) >= 11 is 0. The number of hydrogen-bond acceptors (Lipinski definition) is 3. The van der Waals surface area contributed by atoms with Gasteiger partial charge in [0.2, 0.25) is 0 Å². The van der Waals surface area contributed by atoms with E-state index in [9.17, 15) is 9.18 Å². The van der Waals surface area contributed by atoms with E-state index in [0.29, 0.717) is 32.8 Å². The zero-order chi connectivity index (χ0) is 18.8. The smallest absolute Gasteiger partial charge is 0.320 e. The van der Waals surface area contributed by atoms with E-state index in [0.717, 1.165) is 17.5 Å². The Balaban J connectivity index is 1.68. The van der Waals surface area contributed by atoms with Crippen molar-refractivity contribution in [1.29, 1.82) is 0 Å². The first-order valence-corrected chi connectivity index (χ1v) is 9.38. The average molecular weight is 369 g/mol.